The van der Waals surface area contributed by atoms with E-state index >= 15 is 0 Å². The first kappa shape index (κ1) is 13.4. The van der Waals surface area contributed by atoms with E-state index in [2.05, 4.69) is 15.2 Å². The number of thioether (sulfide) groups is 1. The molecule has 1 aliphatic heterocycles. The van der Waals surface area contributed by atoms with Gasteiger partial charge in [0.25, 0.3) is 11.1 Å². The summed E-state index contributed by atoms with van der Waals surface area (Å²) < 4.78 is 10.8. The summed E-state index contributed by atoms with van der Waals surface area (Å²) in [7, 11) is 0. The number of cyclic esters (lactones) is 1. The minimum absolute atomic E-state index is 0.0546. The summed E-state index contributed by atoms with van der Waals surface area (Å²) in [5, 5.41) is 9.25. The first-order valence-corrected chi connectivity index (χ1v) is 7.86. The van der Waals surface area contributed by atoms with Crippen LogP contribution in [0.3, 0.4) is 0 Å². The van der Waals surface area contributed by atoms with E-state index in [0.717, 1.165) is 16.5 Å². The summed E-state index contributed by atoms with van der Waals surface area (Å²) in [5.74, 6) is 0.226. The lowest BCUT2D eigenvalue weighted by Gasteiger charge is -1.99. The number of aromatic nitrogens is 3. The van der Waals surface area contributed by atoms with Crippen molar-refractivity contribution in [2.45, 2.75) is 29.9 Å². The highest BCUT2D eigenvalue weighted by molar-refractivity contribution is 8.00. The number of esters is 1. The predicted octanol–water partition coefficient (Wildman–Crippen LogP) is 3.01. The van der Waals surface area contributed by atoms with Crippen LogP contribution in [0.4, 0.5) is 0 Å². The van der Waals surface area contributed by atoms with Crippen molar-refractivity contribution in [3.63, 3.8) is 0 Å². The number of carbonyl (C=O) groups is 1. The second-order valence-electron chi connectivity index (χ2n) is 5.21. The smallest absolute Gasteiger partial charge is 0.320 e. The number of nitrogens with zero attached hydrogens (tertiary/aromatic N) is 2. The van der Waals surface area contributed by atoms with Crippen LogP contribution >= 0.6 is 11.8 Å². The number of nitrogens with one attached hydrogen (secondary N) is 1. The van der Waals surface area contributed by atoms with Gasteiger partial charge in [-0.2, -0.15) is 0 Å². The molecule has 1 saturated heterocycles. The number of fused-ring (bicyclic) bond motifs is 1. The van der Waals surface area contributed by atoms with Gasteiger partial charge in [0.2, 0.25) is 0 Å². The van der Waals surface area contributed by atoms with E-state index < -0.39 is 0 Å². The normalized spacial score (nSPS) is 21.4. The zero-order valence-electron chi connectivity index (χ0n) is 11.8. The topological polar surface area (TPSA) is 81.0 Å². The molecule has 3 aromatic rings. The largest absolute Gasteiger partial charge is 0.462 e. The lowest BCUT2D eigenvalue weighted by molar-refractivity contribution is -0.140. The van der Waals surface area contributed by atoms with Crippen LogP contribution in [0.5, 0.6) is 0 Å². The van der Waals surface area contributed by atoms with Crippen LogP contribution in [-0.4, -0.2) is 32.5 Å². The highest BCUT2D eigenvalue weighted by atomic mass is 32.2. The molecule has 1 aliphatic rings. The number of aromatic amines is 1. The highest BCUT2D eigenvalue weighted by Gasteiger charge is 2.34. The van der Waals surface area contributed by atoms with E-state index in [9.17, 15) is 4.79 Å². The van der Waals surface area contributed by atoms with Crippen LogP contribution in [0.25, 0.3) is 22.4 Å². The van der Waals surface area contributed by atoms with Crippen LogP contribution in [-0.2, 0) is 9.53 Å². The molecule has 112 valence electrons. The van der Waals surface area contributed by atoms with E-state index in [1.165, 1.54) is 11.8 Å². The van der Waals surface area contributed by atoms with Crippen LogP contribution in [0.2, 0.25) is 0 Å². The Morgan fingerprint density at radius 2 is 2.18 bits per heavy atom. The van der Waals surface area contributed by atoms with Gasteiger partial charge in [-0.05, 0) is 24.8 Å². The van der Waals surface area contributed by atoms with Crippen LogP contribution in [0.15, 0.2) is 40.1 Å². The summed E-state index contributed by atoms with van der Waals surface area (Å²) in [5.41, 5.74) is 1.87. The third-order valence-corrected chi connectivity index (χ3v) is 4.63. The minimum atomic E-state index is -0.272. The number of benzene rings is 1. The summed E-state index contributed by atoms with van der Waals surface area (Å²) >= 11 is 1.26. The average Bonchev–Trinajstić information content (AvgIpc) is 3.18. The lowest BCUT2D eigenvalue weighted by atomic mass is 10.2. The first-order valence-electron chi connectivity index (χ1n) is 6.98. The molecule has 6 nitrogen and oxygen atoms in total. The van der Waals surface area contributed by atoms with E-state index in [0.29, 0.717) is 17.5 Å². The Balaban J connectivity index is 1.60. The zero-order valence-corrected chi connectivity index (χ0v) is 12.6. The predicted molar refractivity (Wildman–Crippen MR) is 81.4 cm³/mol. The van der Waals surface area contributed by atoms with Crippen molar-refractivity contribution in [2.75, 3.05) is 0 Å². The fraction of sp³-hybridized carbons (Fsp3) is 0.267. The maximum Gasteiger partial charge on any atom is 0.320 e. The number of hydrogen-bond donors (Lipinski definition) is 1. The molecule has 0 aliphatic carbocycles. The maximum absolute atomic E-state index is 11.7. The summed E-state index contributed by atoms with van der Waals surface area (Å²) in [6, 6.07) is 7.90. The molecule has 1 N–H and O–H groups in total. The van der Waals surface area contributed by atoms with Crippen LogP contribution in [0, 0.1) is 0 Å². The van der Waals surface area contributed by atoms with Gasteiger partial charge in [0.1, 0.15) is 11.4 Å². The van der Waals surface area contributed by atoms with E-state index in [1.807, 2.05) is 37.4 Å². The Kier molecular flexibility index (Phi) is 3.15. The Hall–Kier alpha value is -2.28. The molecule has 0 bridgehead atoms. The second-order valence-corrected chi connectivity index (χ2v) is 6.36. The van der Waals surface area contributed by atoms with Crippen molar-refractivity contribution in [1.82, 2.24) is 15.2 Å². The molecule has 0 radical (unpaired) electrons. The molecule has 4 rings (SSSR count). The number of ether oxygens (including phenoxy) is 1. The van der Waals surface area contributed by atoms with Gasteiger partial charge in [-0.3, -0.25) is 4.79 Å². The lowest BCUT2D eigenvalue weighted by Crippen LogP contribution is -2.09. The van der Waals surface area contributed by atoms with Gasteiger partial charge in [0.15, 0.2) is 0 Å². The van der Waals surface area contributed by atoms with Crippen molar-refractivity contribution in [3.8, 4) is 11.5 Å². The van der Waals surface area contributed by atoms with Crippen molar-refractivity contribution in [1.29, 1.82) is 0 Å². The molecule has 7 heteroatoms. The molecule has 3 heterocycles. The molecule has 0 saturated carbocycles. The van der Waals surface area contributed by atoms with E-state index in [4.69, 9.17) is 9.15 Å². The number of hydrogen-bond acceptors (Lipinski definition) is 6. The molecule has 0 spiro atoms. The number of para-hydroxylation sites is 1. The van der Waals surface area contributed by atoms with Gasteiger partial charge in [0, 0.05) is 23.5 Å². The van der Waals surface area contributed by atoms with Crippen molar-refractivity contribution < 1.29 is 13.9 Å². The fourth-order valence-electron chi connectivity index (χ4n) is 2.55. The summed E-state index contributed by atoms with van der Waals surface area (Å²) in [6.07, 6.45) is 2.45. The number of carbonyl (C=O) groups excluding carboxylic acids is 1. The van der Waals surface area contributed by atoms with Gasteiger partial charge in [-0.15, -0.1) is 10.2 Å². The van der Waals surface area contributed by atoms with E-state index in [1.54, 1.807) is 0 Å². The van der Waals surface area contributed by atoms with Gasteiger partial charge >= 0.3 is 5.97 Å². The Labute approximate surface area is 130 Å². The molecule has 2 aromatic heterocycles. The first-order chi connectivity index (χ1) is 10.7. The third kappa shape index (κ3) is 2.27. The van der Waals surface area contributed by atoms with Gasteiger partial charge in [0.05, 0.1) is 5.56 Å². The zero-order chi connectivity index (χ0) is 15.1. The number of rotatable bonds is 3. The maximum atomic E-state index is 11.7. The fourth-order valence-corrected chi connectivity index (χ4v) is 3.53. The molecule has 2 atom stereocenters. The monoisotopic (exact) mass is 315 g/mol. The quantitative estimate of drug-likeness (QED) is 0.748. The Morgan fingerprint density at radius 1 is 1.32 bits per heavy atom. The van der Waals surface area contributed by atoms with Crippen molar-refractivity contribution in [2.24, 2.45) is 0 Å². The SMILES string of the molecule is C[C@@H]1C[C@H](Sc2nnc(-c3c[nH]c4ccccc34)o2)C(=O)O1. The minimum Gasteiger partial charge on any atom is -0.462 e. The molecule has 0 unspecified atom stereocenters. The molecule has 22 heavy (non-hydrogen) atoms. The van der Waals surface area contributed by atoms with Crippen LogP contribution < -0.4 is 0 Å². The molecule has 1 aromatic carbocycles. The van der Waals surface area contributed by atoms with Crippen LogP contribution in [0.1, 0.15) is 13.3 Å². The second kappa shape index (κ2) is 5.17. The molecular formula is C15H13N3O3S. The summed E-state index contributed by atoms with van der Waals surface area (Å²) in [6.45, 7) is 1.88. The Bertz CT molecular complexity index is 841. The highest BCUT2D eigenvalue weighted by Crippen LogP contribution is 2.34. The number of H-pyrrole nitrogens is 1. The summed E-state index contributed by atoms with van der Waals surface area (Å²) in [4.78, 5) is 14.8. The third-order valence-electron chi connectivity index (χ3n) is 3.60. The average molecular weight is 315 g/mol. The Morgan fingerprint density at radius 3 is 3.00 bits per heavy atom. The van der Waals surface area contributed by atoms with Gasteiger partial charge in [-0.1, -0.05) is 18.2 Å². The molecule has 1 fully saturated rings. The molecule has 0 amide bonds. The van der Waals surface area contributed by atoms with Gasteiger partial charge in [-0.25, -0.2) is 0 Å². The van der Waals surface area contributed by atoms with E-state index in [-0.39, 0.29) is 17.3 Å². The molecular weight excluding hydrogens is 302 g/mol. The van der Waals surface area contributed by atoms with Crippen molar-refractivity contribution >= 4 is 28.6 Å². The van der Waals surface area contributed by atoms with Gasteiger partial charge < -0.3 is 14.1 Å². The van der Waals surface area contributed by atoms with Crippen molar-refractivity contribution in [3.05, 3.63) is 30.5 Å². The standard InChI is InChI=1S/C15H13N3O3S/c1-8-6-12(14(19)20-8)22-15-18-17-13(21-15)10-7-16-11-5-3-2-4-9(10)11/h2-5,7-8,12,16H,6H2,1H3/t8-,12+/m1/s1.